The maximum Gasteiger partial charge on any atom is 0.138 e. The lowest BCUT2D eigenvalue weighted by molar-refractivity contribution is 0.176. The van der Waals surface area contributed by atoms with Gasteiger partial charge in [-0.2, -0.15) is 5.10 Å². The van der Waals surface area contributed by atoms with E-state index in [1.807, 2.05) is 31.8 Å². The minimum Gasteiger partial charge on any atom is -0.506 e. The van der Waals surface area contributed by atoms with Gasteiger partial charge in [-0.1, -0.05) is 0 Å². The third-order valence-corrected chi connectivity index (χ3v) is 4.80. The lowest BCUT2D eigenvalue weighted by atomic mass is 10.2. The number of pyridine rings is 1. The summed E-state index contributed by atoms with van der Waals surface area (Å²) in [5, 5.41) is 14.2. The fourth-order valence-electron chi connectivity index (χ4n) is 3.47. The Morgan fingerprint density at radius 2 is 2.16 bits per heavy atom. The molecule has 0 saturated carbocycles. The third-order valence-electron chi connectivity index (χ3n) is 4.80. The molecule has 0 spiro atoms. The molecule has 6 nitrogen and oxygen atoms in total. The van der Waals surface area contributed by atoms with Gasteiger partial charge in [0.1, 0.15) is 11.9 Å². The molecule has 0 radical (unpaired) electrons. The normalized spacial score (nSPS) is 21.3. The molecule has 0 amide bonds. The predicted molar refractivity (Wildman–Crippen MR) is 93.9 cm³/mol. The number of alkyl halides is 1. The second-order valence-electron chi connectivity index (χ2n) is 6.98. The van der Waals surface area contributed by atoms with Crippen LogP contribution in [0, 0.1) is 6.92 Å². The Kier molecular flexibility index (Phi) is 5.34. The van der Waals surface area contributed by atoms with Crippen molar-refractivity contribution < 1.29 is 9.50 Å². The molecule has 2 atom stereocenters. The van der Waals surface area contributed by atoms with E-state index in [1.54, 1.807) is 18.3 Å². The number of rotatable bonds is 6. The van der Waals surface area contributed by atoms with Crippen LogP contribution in [0.3, 0.4) is 0 Å². The van der Waals surface area contributed by atoms with Gasteiger partial charge >= 0.3 is 0 Å². The number of likely N-dealkylation sites (N-methyl/N-ethyl adjacent to an activating group) is 1. The van der Waals surface area contributed by atoms with Crippen molar-refractivity contribution in [1.82, 2.24) is 24.6 Å². The van der Waals surface area contributed by atoms with Crippen LogP contribution in [-0.2, 0) is 20.1 Å². The molecule has 1 saturated heterocycles. The zero-order chi connectivity index (χ0) is 18.0. The minimum atomic E-state index is -0.794. The van der Waals surface area contributed by atoms with E-state index >= 15 is 0 Å². The van der Waals surface area contributed by atoms with Crippen LogP contribution in [-0.4, -0.2) is 62.0 Å². The van der Waals surface area contributed by atoms with Crippen molar-refractivity contribution in [2.45, 2.75) is 38.6 Å². The van der Waals surface area contributed by atoms with Crippen LogP contribution >= 0.6 is 0 Å². The van der Waals surface area contributed by atoms with E-state index in [0.29, 0.717) is 31.7 Å². The first-order chi connectivity index (χ1) is 11.9. The number of aromatic nitrogens is 3. The summed E-state index contributed by atoms with van der Waals surface area (Å²) in [5.74, 6) is 0.207. The zero-order valence-electron chi connectivity index (χ0n) is 15.1. The van der Waals surface area contributed by atoms with Gasteiger partial charge in [-0.05, 0) is 38.6 Å². The van der Waals surface area contributed by atoms with Crippen molar-refractivity contribution in [2.24, 2.45) is 7.05 Å². The van der Waals surface area contributed by atoms with Crippen molar-refractivity contribution >= 4 is 0 Å². The van der Waals surface area contributed by atoms with Crippen LogP contribution in [0.5, 0.6) is 5.75 Å². The molecule has 1 aliphatic heterocycles. The quantitative estimate of drug-likeness (QED) is 0.865. The summed E-state index contributed by atoms with van der Waals surface area (Å²) in [6, 6.07) is 5.58. The van der Waals surface area contributed by atoms with Gasteiger partial charge in [0.25, 0.3) is 0 Å². The first-order valence-corrected chi connectivity index (χ1v) is 8.61. The Balaban J connectivity index is 1.63. The Hall–Kier alpha value is -1.99. The molecule has 3 rings (SSSR count). The molecule has 2 aromatic rings. The summed E-state index contributed by atoms with van der Waals surface area (Å²) < 4.78 is 15.8. The largest absolute Gasteiger partial charge is 0.506 e. The summed E-state index contributed by atoms with van der Waals surface area (Å²) in [7, 11) is 3.89. The lowest BCUT2D eigenvalue weighted by Crippen LogP contribution is -2.38. The number of hydrogen-bond acceptors (Lipinski definition) is 5. The van der Waals surface area contributed by atoms with Crippen molar-refractivity contribution in [2.75, 3.05) is 20.1 Å². The van der Waals surface area contributed by atoms with Crippen LogP contribution in [0.2, 0.25) is 0 Å². The smallest absolute Gasteiger partial charge is 0.138 e. The summed E-state index contributed by atoms with van der Waals surface area (Å²) in [6.45, 7) is 4.33. The number of aromatic hydroxyl groups is 1. The maximum atomic E-state index is 14.0. The SMILES string of the molecule is Cc1ccc(O)c(CN(C)C[C@@H]2C[C@H](F)CN2Cc2ccnn2C)n1. The van der Waals surface area contributed by atoms with Gasteiger partial charge in [0, 0.05) is 51.2 Å². The van der Waals surface area contributed by atoms with E-state index in [4.69, 9.17) is 0 Å². The molecule has 2 aromatic heterocycles. The van der Waals surface area contributed by atoms with E-state index in [9.17, 15) is 9.50 Å². The lowest BCUT2D eigenvalue weighted by Gasteiger charge is -2.28. The number of nitrogens with zero attached hydrogens (tertiary/aromatic N) is 5. The highest BCUT2D eigenvalue weighted by Gasteiger charge is 2.33. The molecule has 1 N–H and O–H groups in total. The van der Waals surface area contributed by atoms with E-state index < -0.39 is 6.17 Å². The number of halogens is 1. The predicted octanol–water partition coefficient (Wildman–Crippen LogP) is 1.87. The fraction of sp³-hybridized carbons (Fsp3) is 0.556. The highest BCUT2D eigenvalue weighted by Crippen LogP contribution is 2.24. The van der Waals surface area contributed by atoms with Crippen molar-refractivity contribution in [3.63, 3.8) is 0 Å². The second kappa shape index (κ2) is 7.49. The standard InChI is InChI=1S/C18H26FN5O/c1-13-4-5-18(25)17(21-13)12-22(2)10-16-8-14(19)9-24(16)11-15-6-7-20-23(15)3/h4-7,14,16,25H,8-12H2,1-3H3/t14-,16-/m0/s1. The van der Waals surface area contributed by atoms with Crippen molar-refractivity contribution in [1.29, 1.82) is 0 Å². The number of hydrogen-bond donors (Lipinski definition) is 1. The first kappa shape index (κ1) is 17.8. The summed E-state index contributed by atoms with van der Waals surface area (Å²) in [4.78, 5) is 8.68. The van der Waals surface area contributed by atoms with Crippen molar-refractivity contribution in [3.8, 4) is 5.75 Å². The summed E-state index contributed by atoms with van der Waals surface area (Å²) in [6.07, 6.45) is 1.51. The molecule has 7 heteroatoms. The van der Waals surface area contributed by atoms with Gasteiger partial charge in [0.2, 0.25) is 0 Å². The van der Waals surface area contributed by atoms with E-state index in [1.165, 1.54) is 0 Å². The van der Waals surface area contributed by atoms with Crippen molar-refractivity contribution in [3.05, 3.63) is 41.5 Å². The van der Waals surface area contributed by atoms with Crippen LogP contribution < -0.4 is 0 Å². The molecule has 0 aromatic carbocycles. The fourth-order valence-corrected chi connectivity index (χ4v) is 3.47. The van der Waals surface area contributed by atoms with Crippen LogP contribution in [0.15, 0.2) is 24.4 Å². The molecular weight excluding hydrogens is 321 g/mol. The average molecular weight is 347 g/mol. The van der Waals surface area contributed by atoms with E-state index in [-0.39, 0.29) is 11.8 Å². The molecular formula is C18H26FN5O. The Morgan fingerprint density at radius 1 is 1.36 bits per heavy atom. The molecule has 1 aliphatic rings. The monoisotopic (exact) mass is 347 g/mol. The number of likely N-dealkylation sites (tertiary alicyclic amines) is 1. The van der Waals surface area contributed by atoms with Gasteiger partial charge in [-0.25, -0.2) is 4.39 Å². The van der Waals surface area contributed by atoms with Gasteiger partial charge in [0.05, 0.1) is 11.4 Å². The summed E-state index contributed by atoms with van der Waals surface area (Å²) >= 11 is 0. The maximum absolute atomic E-state index is 14.0. The molecule has 0 bridgehead atoms. The van der Waals surface area contributed by atoms with Crippen LogP contribution in [0.1, 0.15) is 23.5 Å². The average Bonchev–Trinajstić information content (AvgIpc) is 3.09. The Bertz CT molecular complexity index is 719. The highest BCUT2D eigenvalue weighted by molar-refractivity contribution is 5.27. The van der Waals surface area contributed by atoms with Gasteiger partial charge in [-0.15, -0.1) is 0 Å². The van der Waals surface area contributed by atoms with Gasteiger partial charge in [-0.3, -0.25) is 19.5 Å². The zero-order valence-corrected chi connectivity index (χ0v) is 15.1. The Morgan fingerprint density at radius 3 is 2.88 bits per heavy atom. The Labute approximate surface area is 147 Å². The molecule has 25 heavy (non-hydrogen) atoms. The third kappa shape index (κ3) is 4.35. The van der Waals surface area contributed by atoms with Crippen LogP contribution in [0.25, 0.3) is 0 Å². The van der Waals surface area contributed by atoms with Crippen LogP contribution in [0.4, 0.5) is 4.39 Å². The first-order valence-electron chi connectivity index (χ1n) is 8.61. The number of aryl methyl sites for hydroxylation is 2. The summed E-state index contributed by atoms with van der Waals surface area (Å²) in [5.41, 5.74) is 2.62. The molecule has 136 valence electrons. The van der Waals surface area contributed by atoms with Gasteiger partial charge < -0.3 is 5.11 Å². The van der Waals surface area contributed by atoms with E-state index in [0.717, 1.165) is 17.9 Å². The molecule has 0 unspecified atom stereocenters. The molecule has 3 heterocycles. The molecule has 0 aliphatic carbocycles. The van der Waals surface area contributed by atoms with E-state index in [2.05, 4.69) is 19.9 Å². The van der Waals surface area contributed by atoms with Gasteiger partial charge in [0.15, 0.2) is 0 Å². The molecule has 1 fully saturated rings. The topological polar surface area (TPSA) is 57.4 Å². The highest BCUT2D eigenvalue weighted by atomic mass is 19.1. The second-order valence-corrected chi connectivity index (χ2v) is 6.98. The minimum absolute atomic E-state index is 0.141.